The summed E-state index contributed by atoms with van der Waals surface area (Å²) in [6.45, 7) is 3.69. The van der Waals surface area contributed by atoms with Crippen molar-refractivity contribution in [3.8, 4) is 11.5 Å². The van der Waals surface area contributed by atoms with Crippen molar-refractivity contribution in [2.45, 2.75) is 51.4 Å². The number of aryl methyl sites for hydroxylation is 1. The van der Waals surface area contributed by atoms with Gasteiger partial charge in [0.1, 0.15) is 0 Å². The molecule has 2 aromatic rings. The Hall–Kier alpha value is -2.21. The van der Waals surface area contributed by atoms with Crippen LogP contribution in [-0.4, -0.2) is 45.0 Å². The minimum atomic E-state index is 0.00695. The van der Waals surface area contributed by atoms with Crippen molar-refractivity contribution in [3.63, 3.8) is 0 Å². The molecule has 2 unspecified atom stereocenters. The molecule has 1 saturated carbocycles. The van der Waals surface area contributed by atoms with Gasteiger partial charge < -0.3 is 19.7 Å². The summed E-state index contributed by atoms with van der Waals surface area (Å²) in [5, 5.41) is 4.49. The van der Waals surface area contributed by atoms with Crippen LogP contribution in [0.2, 0.25) is 10.0 Å². The minimum Gasteiger partial charge on any atom is -0.493 e. The number of methoxy groups -OCH3 is 1. The van der Waals surface area contributed by atoms with Crippen molar-refractivity contribution in [2.75, 3.05) is 39.7 Å². The molecule has 2 atom stereocenters. The Bertz CT molecular complexity index is 1120. The third-order valence-electron chi connectivity index (χ3n) is 7.22. The van der Waals surface area contributed by atoms with Crippen molar-refractivity contribution in [1.29, 1.82) is 0 Å². The number of carbonyl (C=O) groups excluding carboxylic acids is 1. The quantitative estimate of drug-likeness (QED) is 0.329. The summed E-state index contributed by atoms with van der Waals surface area (Å²) < 4.78 is 12.2. The lowest BCUT2D eigenvalue weighted by atomic mass is 9.86. The van der Waals surface area contributed by atoms with Crippen LogP contribution in [0, 0.1) is 5.92 Å². The van der Waals surface area contributed by atoms with Gasteiger partial charge in [-0.15, -0.1) is 0 Å². The standard InChI is InChI=1S/C29H36Cl2N2O3/c1-5-18-14-22(30)28(23(31)15-18)32-24-17-25(34)19-8-9-20(16-19)27-21(24)10-11-26(35-4)29(27)36-13-7-6-12-33(2)3/h10-11,14-15,17,19-20,32H,5-9,12-13,16H2,1-4H3/b24-17+. The third-order valence-corrected chi connectivity index (χ3v) is 7.81. The Labute approximate surface area is 224 Å². The van der Waals surface area contributed by atoms with Crippen LogP contribution in [0.5, 0.6) is 11.5 Å². The largest absolute Gasteiger partial charge is 0.493 e. The van der Waals surface area contributed by atoms with E-state index in [0.717, 1.165) is 73.3 Å². The number of ether oxygens (including phenoxy) is 2. The molecule has 2 aromatic carbocycles. The van der Waals surface area contributed by atoms with Gasteiger partial charge >= 0.3 is 0 Å². The zero-order valence-corrected chi connectivity index (χ0v) is 23.1. The van der Waals surface area contributed by atoms with E-state index in [9.17, 15) is 4.79 Å². The highest BCUT2D eigenvalue weighted by Gasteiger charge is 2.37. The number of carbonyl (C=O) groups is 1. The summed E-state index contributed by atoms with van der Waals surface area (Å²) in [6, 6.07) is 7.77. The van der Waals surface area contributed by atoms with Gasteiger partial charge in [0.25, 0.3) is 0 Å². The Balaban J connectivity index is 1.75. The molecule has 7 heteroatoms. The number of hydrogen-bond donors (Lipinski definition) is 1. The fourth-order valence-corrected chi connectivity index (χ4v) is 5.89. The molecule has 2 aliphatic carbocycles. The second kappa shape index (κ2) is 11.9. The molecule has 0 heterocycles. The number of nitrogens with one attached hydrogen (secondary N) is 1. The van der Waals surface area contributed by atoms with Gasteiger partial charge in [0, 0.05) is 28.8 Å². The number of ketones is 1. The fraction of sp³-hybridized carbons (Fsp3) is 0.483. The second-order valence-corrected chi connectivity index (χ2v) is 10.8. The highest BCUT2D eigenvalue weighted by Crippen LogP contribution is 2.50. The number of hydrogen-bond acceptors (Lipinski definition) is 5. The summed E-state index contributed by atoms with van der Waals surface area (Å²) in [4.78, 5) is 15.4. The molecule has 4 rings (SSSR count). The second-order valence-electron chi connectivity index (χ2n) is 10.00. The topological polar surface area (TPSA) is 50.8 Å². The minimum absolute atomic E-state index is 0.00695. The van der Waals surface area contributed by atoms with E-state index >= 15 is 0 Å². The summed E-state index contributed by atoms with van der Waals surface area (Å²) in [5.74, 6) is 1.88. The van der Waals surface area contributed by atoms with E-state index in [0.29, 0.717) is 28.0 Å². The Morgan fingerprint density at radius 2 is 1.81 bits per heavy atom. The molecule has 2 bridgehead atoms. The number of anilines is 1. The zero-order valence-electron chi connectivity index (χ0n) is 21.6. The van der Waals surface area contributed by atoms with Crippen LogP contribution in [0.1, 0.15) is 61.6 Å². The van der Waals surface area contributed by atoms with E-state index in [1.165, 1.54) is 0 Å². The van der Waals surface area contributed by atoms with Crippen LogP contribution in [0.25, 0.3) is 5.70 Å². The SMILES string of the molecule is CCc1cc(Cl)c(N/C2=C/C(=O)C3CCC(C3)c3c2ccc(OC)c3OCCCCN(C)C)c(Cl)c1. The Kier molecular flexibility index (Phi) is 8.87. The number of unbranched alkanes of at least 4 members (excludes halogenated alkanes) is 1. The van der Waals surface area contributed by atoms with Gasteiger partial charge in [-0.25, -0.2) is 0 Å². The smallest absolute Gasteiger partial charge is 0.165 e. The van der Waals surface area contributed by atoms with Crippen molar-refractivity contribution in [1.82, 2.24) is 4.90 Å². The highest BCUT2D eigenvalue weighted by molar-refractivity contribution is 6.39. The molecular weight excluding hydrogens is 495 g/mol. The molecule has 36 heavy (non-hydrogen) atoms. The number of rotatable bonds is 10. The maximum Gasteiger partial charge on any atom is 0.165 e. The summed E-state index contributed by atoms with van der Waals surface area (Å²) in [6.07, 6.45) is 7.21. The summed E-state index contributed by atoms with van der Waals surface area (Å²) >= 11 is 13.3. The lowest BCUT2D eigenvalue weighted by Gasteiger charge is -2.26. The molecular formula is C29H36Cl2N2O3. The van der Waals surface area contributed by atoms with E-state index in [1.54, 1.807) is 13.2 Å². The molecule has 0 amide bonds. The van der Waals surface area contributed by atoms with E-state index in [4.69, 9.17) is 32.7 Å². The van der Waals surface area contributed by atoms with E-state index in [2.05, 4.69) is 31.2 Å². The first-order chi connectivity index (χ1) is 17.3. The average Bonchev–Trinajstić information content (AvgIpc) is 3.35. The first-order valence-electron chi connectivity index (χ1n) is 12.8. The number of fused-ring (bicyclic) bond motifs is 4. The van der Waals surface area contributed by atoms with Crippen molar-refractivity contribution in [2.24, 2.45) is 5.92 Å². The van der Waals surface area contributed by atoms with Crippen LogP contribution >= 0.6 is 23.2 Å². The fourth-order valence-electron chi connectivity index (χ4n) is 5.26. The zero-order chi connectivity index (χ0) is 25.8. The van der Waals surface area contributed by atoms with Gasteiger partial charge in [-0.2, -0.15) is 0 Å². The van der Waals surface area contributed by atoms with E-state index < -0.39 is 0 Å². The van der Waals surface area contributed by atoms with Crippen molar-refractivity contribution >= 4 is 40.4 Å². The Morgan fingerprint density at radius 3 is 2.47 bits per heavy atom. The van der Waals surface area contributed by atoms with Gasteiger partial charge in [-0.1, -0.05) is 30.1 Å². The number of halogens is 2. The lowest BCUT2D eigenvalue weighted by molar-refractivity contribution is -0.118. The summed E-state index contributed by atoms with van der Waals surface area (Å²) in [5.41, 5.74) is 4.40. The third kappa shape index (κ3) is 5.85. The van der Waals surface area contributed by atoms with Gasteiger partial charge in [-0.05, 0) is 94.9 Å². The molecule has 0 saturated heterocycles. The lowest BCUT2D eigenvalue weighted by Crippen LogP contribution is -2.17. The normalized spacial score (nSPS) is 20.4. The molecule has 0 spiro atoms. The molecule has 5 nitrogen and oxygen atoms in total. The van der Waals surface area contributed by atoms with Crippen LogP contribution in [-0.2, 0) is 11.2 Å². The van der Waals surface area contributed by atoms with Crippen molar-refractivity contribution < 1.29 is 14.3 Å². The first-order valence-corrected chi connectivity index (χ1v) is 13.6. The van der Waals surface area contributed by atoms with Crippen LogP contribution in [0.15, 0.2) is 30.3 Å². The maximum atomic E-state index is 13.2. The molecule has 1 N–H and O–H groups in total. The van der Waals surface area contributed by atoms with Crippen LogP contribution in [0.4, 0.5) is 5.69 Å². The first kappa shape index (κ1) is 26.8. The van der Waals surface area contributed by atoms with Crippen molar-refractivity contribution in [3.05, 3.63) is 57.1 Å². The van der Waals surface area contributed by atoms with E-state index in [-0.39, 0.29) is 17.6 Å². The van der Waals surface area contributed by atoms with Crippen LogP contribution in [0.3, 0.4) is 0 Å². The monoisotopic (exact) mass is 530 g/mol. The molecule has 194 valence electrons. The number of benzene rings is 2. The predicted molar refractivity (Wildman–Crippen MR) is 149 cm³/mol. The van der Waals surface area contributed by atoms with Crippen LogP contribution < -0.4 is 14.8 Å². The van der Waals surface area contributed by atoms with Gasteiger partial charge in [0.15, 0.2) is 17.3 Å². The maximum absolute atomic E-state index is 13.2. The highest BCUT2D eigenvalue weighted by atomic mass is 35.5. The Morgan fingerprint density at radius 1 is 1.08 bits per heavy atom. The molecule has 0 aromatic heterocycles. The molecule has 0 radical (unpaired) electrons. The summed E-state index contributed by atoms with van der Waals surface area (Å²) in [7, 11) is 5.84. The molecule has 2 aliphatic rings. The predicted octanol–water partition coefficient (Wildman–Crippen LogP) is 7.20. The molecule has 1 fully saturated rings. The van der Waals surface area contributed by atoms with Gasteiger partial charge in [-0.3, -0.25) is 4.79 Å². The van der Waals surface area contributed by atoms with Gasteiger partial charge in [0.05, 0.1) is 29.4 Å². The van der Waals surface area contributed by atoms with E-state index in [1.807, 2.05) is 24.3 Å². The number of allylic oxidation sites excluding steroid dienone is 1. The molecule has 0 aliphatic heterocycles. The average molecular weight is 532 g/mol. The number of nitrogens with zero attached hydrogens (tertiary/aromatic N) is 1. The van der Waals surface area contributed by atoms with Gasteiger partial charge in [0.2, 0.25) is 0 Å².